The predicted octanol–water partition coefficient (Wildman–Crippen LogP) is 2.78. The average molecular weight is 462 g/mol. The lowest BCUT2D eigenvalue weighted by Crippen LogP contribution is -2.46. The fourth-order valence-corrected chi connectivity index (χ4v) is 5.35. The minimum atomic E-state index is -1.32. The number of fused-ring (bicyclic) bond motifs is 3. The number of aliphatic hydroxyl groups is 1. The molecule has 0 saturated carbocycles. The minimum Gasteiger partial charge on any atom is -0.366 e. The topological polar surface area (TPSA) is 98.7 Å². The third kappa shape index (κ3) is 6.48. The van der Waals surface area contributed by atoms with Crippen molar-refractivity contribution >= 4 is 29.5 Å². The highest BCUT2D eigenvalue weighted by atomic mass is 32.2. The van der Waals surface area contributed by atoms with Gasteiger partial charge in [0.15, 0.2) is 5.72 Å². The monoisotopic (exact) mass is 461 g/mol. The third-order valence-corrected chi connectivity index (χ3v) is 7.24. The van der Waals surface area contributed by atoms with Crippen molar-refractivity contribution in [2.45, 2.75) is 63.5 Å². The van der Waals surface area contributed by atoms with E-state index in [9.17, 15) is 19.5 Å². The first kappa shape index (κ1) is 24.6. The smallest absolute Gasteiger partial charge is 0.256 e. The fourth-order valence-electron chi connectivity index (χ4n) is 4.26. The van der Waals surface area contributed by atoms with E-state index in [-0.39, 0.29) is 17.7 Å². The lowest BCUT2D eigenvalue weighted by atomic mass is 10.0. The first-order valence-corrected chi connectivity index (χ1v) is 12.9. The zero-order valence-corrected chi connectivity index (χ0v) is 19.6. The number of carbonyl (C=O) groups is 3. The van der Waals surface area contributed by atoms with E-state index in [4.69, 9.17) is 0 Å². The molecule has 1 atom stereocenters. The van der Waals surface area contributed by atoms with Gasteiger partial charge in [0.25, 0.3) is 5.91 Å². The average Bonchev–Trinajstić information content (AvgIpc) is 2.99. The Bertz CT molecular complexity index is 803. The molecule has 0 bridgehead atoms. The van der Waals surface area contributed by atoms with E-state index in [0.29, 0.717) is 49.4 Å². The number of hydrogen-bond acceptors (Lipinski definition) is 5. The van der Waals surface area contributed by atoms with Gasteiger partial charge in [0.05, 0.1) is 0 Å². The Morgan fingerprint density at radius 2 is 1.50 bits per heavy atom. The van der Waals surface area contributed by atoms with Gasteiger partial charge in [-0.1, -0.05) is 31.0 Å². The number of amides is 3. The summed E-state index contributed by atoms with van der Waals surface area (Å²) >= 11 is 1.60. The molecule has 2 aliphatic heterocycles. The van der Waals surface area contributed by atoms with Gasteiger partial charge in [-0.05, 0) is 43.9 Å². The molecule has 2 aliphatic rings. The summed E-state index contributed by atoms with van der Waals surface area (Å²) in [7, 11) is 0. The third-order valence-electron chi connectivity index (χ3n) is 6.06. The number of nitrogens with zero attached hydrogens (tertiary/aromatic N) is 1. The largest absolute Gasteiger partial charge is 0.366 e. The molecule has 3 rings (SSSR count). The van der Waals surface area contributed by atoms with Gasteiger partial charge in [-0.2, -0.15) is 11.8 Å². The molecule has 0 aliphatic carbocycles. The summed E-state index contributed by atoms with van der Waals surface area (Å²) in [5, 5.41) is 17.5. The van der Waals surface area contributed by atoms with Crippen LogP contribution >= 0.6 is 11.8 Å². The summed E-state index contributed by atoms with van der Waals surface area (Å²) in [4.78, 5) is 38.5. The summed E-state index contributed by atoms with van der Waals surface area (Å²) in [5.41, 5.74) is -0.0853. The van der Waals surface area contributed by atoms with Crippen LogP contribution in [0.25, 0.3) is 0 Å². The van der Waals surface area contributed by atoms with E-state index in [2.05, 4.69) is 10.6 Å². The Kier molecular flexibility index (Phi) is 9.41. The van der Waals surface area contributed by atoms with Crippen molar-refractivity contribution in [3.8, 4) is 0 Å². The SMILES string of the molecule is O=C1CCCCCN2C(=O)c3ccccc3C2(O)CSCCCNC(=O)CCCCCN1. The highest BCUT2D eigenvalue weighted by Crippen LogP contribution is 2.39. The molecule has 1 saturated heterocycles. The quantitative estimate of drug-likeness (QED) is 0.552. The maximum atomic E-state index is 13.0. The number of hydrogen-bond donors (Lipinski definition) is 3. The molecule has 1 aromatic carbocycles. The number of nitrogens with one attached hydrogen (secondary N) is 2. The van der Waals surface area contributed by atoms with Crippen molar-refractivity contribution in [1.82, 2.24) is 15.5 Å². The van der Waals surface area contributed by atoms with Crippen LogP contribution < -0.4 is 10.6 Å². The Hall–Kier alpha value is -2.06. The molecule has 0 spiro atoms. The van der Waals surface area contributed by atoms with Gasteiger partial charge in [0, 0.05) is 49.4 Å². The Morgan fingerprint density at radius 3 is 2.25 bits per heavy atom. The Morgan fingerprint density at radius 1 is 0.844 bits per heavy atom. The van der Waals surface area contributed by atoms with E-state index in [0.717, 1.165) is 50.7 Å². The standard InChI is InChI=1S/C24H35N3O4S/c28-21-13-4-2-8-16-27-23(30)19-10-5-6-11-20(19)24(27,31)18-32-17-9-15-26-22(29)12-3-1-7-14-25-21/h5-6,10-11,31H,1-4,7-9,12-18H2,(H,25,28)(H,26,29). The Balaban J connectivity index is 1.63. The van der Waals surface area contributed by atoms with Gasteiger partial charge in [-0.25, -0.2) is 0 Å². The second-order valence-electron chi connectivity index (χ2n) is 8.55. The van der Waals surface area contributed by atoms with Crippen LogP contribution in [0.4, 0.5) is 0 Å². The molecule has 0 aromatic heterocycles. The van der Waals surface area contributed by atoms with Crippen LogP contribution in [0.3, 0.4) is 0 Å². The van der Waals surface area contributed by atoms with E-state index >= 15 is 0 Å². The van der Waals surface area contributed by atoms with Gasteiger partial charge in [-0.15, -0.1) is 0 Å². The van der Waals surface area contributed by atoms with Crippen molar-refractivity contribution in [2.24, 2.45) is 0 Å². The van der Waals surface area contributed by atoms with Crippen molar-refractivity contribution in [3.05, 3.63) is 35.4 Å². The zero-order chi connectivity index (χ0) is 22.8. The first-order chi connectivity index (χ1) is 15.5. The second-order valence-corrected chi connectivity index (χ2v) is 9.65. The van der Waals surface area contributed by atoms with E-state index in [1.54, 1.807) is 22.7 Å². The highest BCUT2D eigenvalue weighted by molar-refractivity contribution is 7.99. The van der Waals surface area contributed by atoms with Crippen LogP contribution in [0.2, 0.25) is 0 Å². The zero-order valence-electron chi connectivity index (χ0n) is 18.7. The molecule has 1 fully saturated rings. The fraction of sp³-hybridized carbons (Fsp3) is 0.625. The van der Waals surface area contributed by atoms with Crippen molar-refractivity contribution in [3.63, 3.8) is 0 Å². The van der Waals surface area contributed by atoms with Crippen molar-refractivity contribution in [2.75, 3.05) is 31.1 Å². The van der Waals surface area contributed by atoms with Crippen LogP contribution in [0.15, 0.2) is 24.3 Å². The summed E-state index contributed by atoms with van der Waals surface area (Å²) < 4.78 is 0. The van der Waals surface area contributed by atoms with Crippen LogP contribution in [-0.2, 0) is 15.3 Å². The summed E-state index contributed by atoms with van der Waals surface area (Å²) in [6.45, 7) is 1.72. The normalized spacial score (nSPS) is 25.2. The molecule has 8 heteroatoms. The molecule has 2 heterocycles. The summed E-state index contributed by atoms with van der Waals surface area (Å²) in [6, 6.07) is 7.28. The van der Waals surface area contributed by atoms with Crippen molar-refractivity contribution < 1.29 is 19.5 Å². The molecule has 0 radical (unpaired) electrons. The van der Waals surface area contributed by atoms with E-state index < -0.39 is 5.72 Å². The lowest BCUT2D eigenvalue weighted by molar-refractivity contribution is -0.122. The summed E-state index contributed by atoms with van der Waals surface area (Å²) in [5.74, 6) is 1.16. The van der Waals surface area contributed by atoms with Gasteiger partial charge in [-0.3, -0.25) is 14.4 Å². The lowest BCUT2D eigenvalue weighted by Gasteiger charge is -2.34. The molecule has 3 amide bonds. The summed E-state index contributed by atoms with van der Waals surface area (Å²) in [6.07, 6.45) is 6.75. The maximum absolute atomic E-state index is 13.0. The predicted molar refractivity (Wildman–Crippen MR) is 126 cm³/mol. The number of rotatable bonds is 0. The van der Waals surface area contributed by atoms with Gasteiger partial charge >= 0.3 is 0 Å². The first-order valence-electron chi connectivity index (χ1n) is 11.8. The van der Waals surface area contributed by atoms with Gasteiger partial charge in [0.2, 0.25) is 11.8 Å². The van der Waals surface area contributed by atoms with E-state index in [1.165, 1.54) is 0 Å². The van der Waals surface area contributed by atoms with Crippen LogP contribution in [0, 0.1) is 0 Å². The van der Waals surface area contributed by atoms with Gasteiger partial charge in [0.1, 0.15) is 0 Å². The Labute approximate surface area is 194 Å². The number of benzene rings is 1. The number of thioether (sulfide) groups is 1. The van der Waals surface area contributed by atoms with Crippen LogP contribution in [0.1, 0.15) is 73.7 Å². The second kappa shape index (κ2) is 12.3. The molecular weight excluding hydrogens is 426 g/mol. The van der Waals surface area contributed by atoms with Crippen LogP contribution in [-0.4, -0.2) is 58.9 Å². The molecule has 3 N–H and O–H groups in total. The van der Waals surface area contributed by atoms with Crippen LogP contribution in [0.5, 0.6) is 0 Å². The molecule has 176 valence electrons. The molecule has 1 aromatic rings. The van der Waals surface area contributed by atoms with Gasteiger partial charge < -0.3 is 20.6 Å². The molecule has 1 unspecified atom stereocenters. The molecule has 32 heavy (non-hydrogen) atoms. The minimum absolute atomic E-state index is 0.0474. The maximum Gasteiger partial charge on any atom is 0.256 e. The van der Waals surface area contributed by atoms with Crippen molar-refractivity contribution in [1.29, 1.82) is 0 Å². The number of carbonyl (C=O) groups excluding carboxylic acids is 3. The molecule has 7 nitrogen and oxygen atoms in total. The molecular formula is C24H35N3O4S. The van der Waals surface area contributed by atoms with E-state index in [1.807, 2.05) is 18.2 Å². The highest BCUT2D eigenvalue weighted by Gasteiger charge is 2.47.